The second-order valence-electron chi connectivity index (χ2n) is 6.56. The van der Waals surface area contributed by atoms with Gasteiger partial charge in [0.05, 0.1) is 11.4 Å². The summed E-state index contributed by atoms with van der Waals surface area (Å²) in [7, 11) is 1.78. The van der Waals surface area contributed by atoms with E-state index < -0.39 is 5.91 Å². The van der Waals surface area contributed by atoms with Crippen molar-refractivity contribution in [3.63, 3.8) is 0 Å². The van der Waals surface area contributed by atoms with Gasteiger partial charge in [0.15, 0.2) is 5.69 Å². The van der Waals surface area contributed by atoms with Gasteiger partial charge in [0.2, 0.25) is 0 Å². The van der Waals surface area contributed by atoms with Crippen LogP contribution < -0.4 is 10.5 Å². The van der Waals surface area contributed by atoms with Crippen molar-refractivity contribution in [3.8, 4) is 23.1 Å². The van der Waals surface area contributed by atoms with E-state index in [1.165, 1.54) is 5.56 Å². The normalized spacial score (nSPS) is 12.4. The van der Waals surface area contributed by atoms with Gasteiger partial charge in [-0.15, -0.1) is 0 Å². The molecule has 0 saturated heterocycles. The van der Waals surface area contributed by atoms with Crippen molar-refractivity contribution in [2.75, 3.05) is 0 Å². The molecule has 3 aromatic rings. The molecule has 1 aromatic carbocycles. The molecule has 1 aliphatic rings. The molecule has 26 heavy (non-hydrogen) atoms. The summed E-state index contributed by atoms with van der Waals surface area (Å²) in [6, 6.07) is 6.21. The second-order valence-corrected chi connectivity index (χ2v) is 6.56. The van der Waals surface area contributed by atoms with Gasteiger partial charge >= 0.3 is 6.01 Å². The second kappa shape index (κ2) is 5.94. The van der Waals surface area contributed by atoms with Crippen LogP contribution in [0.1, 0.15) is 32.7 Å². The number of carbonyl (C=O) groups is 1. The van der Waals surface area contributed by atoms with Gasteiger partial charge in [-0.2, -0.15) is 10.1 Å². The Hall–Kier alpha value is -3.22. The van der Waals surface area contributed by atoms with Crippen LogP contribution in [0.4, 0.5) is 0 Å². The summed E-state index contributed by atoms with van der Waals surface area (Å²) >= 11 is 0. The van der Waals surface area contributed by atoms with Crippen LogP contribution in [-0.2, 0) is 19.9 Å². The van der Waals surface area contributed by atoms with E-state index in [2.05, 4.69) is 15.1 Å². The largest absolute Gasteiger partial charge is 0.424 e. The summed E-state index contributed by atoms with van der Waals surface area (Å²) in [4.78, 5) is 20.6. The van der Waals surface area contributed by atoms with Crippen LogP contribution in [0.25, 0.3) is 11.4 Å². The van der Waals surface area contributed by atoms with Gasteiger partial charge in [0.25, 0.3) is 5.91 Å². The third-order valence-corrected chi connectivity index (χ3v) is 4.62. The number of rotatable bonds is 3. The maximum Gasteiger partial charge on any atom is 0.322 e. The maximum absolute atomic E-state index is 11.7. The molecule has 0 radical (unpaired) electrons. The van der Waals surface area contributed by atoms with E-state index in [1.807, 2.05) is 32.0 Å². The predicted octanol–water partition coefficient (Wildman–Crippen LogP) is 2.48. The fraction of sp³-hybridized carbons (Fsp3) is 0.263. The van der Waals surface area contributed by atoms with Crippen molar-refractivity contribution in [3.05, 3.63) is 52.3 Å². The Morgan fingerprint density at radius 2 is 2.08 bits per heavy atom. The van der Waals surface area contributed by atoms with Gasteiger partial charge in [-0.1, -0.05) is 17.7 Å². The number of hydrogen-bond donors (Lipinski definition) is 1. The minimum atomic E-state index is -0.522. The molecular weight excluding hydrogens is 330 g/mol. The van der Waals surface area contributed by atoms with E-state index in [-0.39, 0.29) is 6.01 Å². The number of carbonyl (C=O) groups excluding carboxylic acids is 1. The van der Waals surface area contributed by atoms with Crippen molar-refractivity contribution in [2.24, 2.45) is 12.8 Å². The molecule has 7 heteroatoms. The highest BCUT2D eigenvalue weighted by atomic mass is 16.5. The van der Waals surface area contributed by atoms with Crippen molar-refractivity contribution in [1.82, 2.24) is 19.7 Å². The van der Waals surface area contributed by atoms with Crippen molar-refractivity contribution >= 4 is 5.91 Å². The highest BCUT2D eigenvalue weighted by molar-refractivity contribution is 5.94. The number of hydrogen-bond acceptors (Lipinski definition) is 5. The summed E-state index contributed by atoms with van der Waals surface area (Å²) in [6.07, 6.45) is 3.20. The standard InChI is InChI=1S/C19H19N5O2/c1-10-4-7-14(11(2)8-10)26-19-21-9-12-5-6-13-16(18(20)25)23-24(3)17(13)15(12)22-19/h4,7-9H,5-6H2,1-3H3,(H2,20,25). The highest BCUT2D eigenvalue weighted by Crippen LogP contribution is 2.35. The quantitative estimate of drug-likeness (QED) is 0.784. The third-order valence-electron chi connectivity index (χ3n) is 4.62. The molecule has 0 fully saturated rings. The fourth-order valence-corrected chi connectivity index (χ4v) is 3.40. The first-order chi connectivity index (χ1) is 12.4. The van der Waals surface area contributed by atoms with Crippen LogP contribution in [0, 0.1) is 13.8 Å². The van der Waals surface area contributed by atoms with E-state index in [1.54, 1.807) is 17.9 Å². The van der Waals surface area contributed by atoms with Gasteiger partial charge in [-0.3, -0.25) is 9.48 Å². The molecule has 1 aliphatic carbocycles. The lowest BCUT2D eigenvalue weighted by molar-refractivity contribution is 0.0994. The number of aromatic nitrogens is 4. The Bertz CT molecular complexity index is 1040. The zero-order chi connectivity index (χ0) is 18.4. The molecule has 0 spiro atoms. The van der Waals surface area contributed by atoms with E-state index in [0.717, 1.165) is 40.2 Å². The van der Waals surface area contributed by atoms with Gasteiger partial charge < -0.3 is 10.5 Å². The molecule has 132 valence electrons. The first-order valence-electron chi connectivity index (χ1n) is 8.41. The van der Waals surface area contributed by atoms with Crippen molar-refractivity contribution < 1.29 is 9.53 Å². The summed E-state index contributed by atoms with van der Waals surface area (Å²) < 4.78 is 7.55. The molecule has 7 nitrogen and oxygen atoms in total. The Balaban J connectivity index is 1.77. The lowest BCUT2D eigenvalue weighted by Crippen LogP contribution is -2.15. The Morgan fingerprint density at radius 3 is 2.81 bits per heavy atom. The zero-order valence-electron chi connectivity index (χ0n) is 14.9. The van der Waals surface area contributed by atoms with Crippen LogP contribution >= 0.6 is 0 Å². The molecule has 1 amide bonds. The average Bonchev–Trinajstić information content (AvgIpc) is 2.95. The SMILES string of the molecule is Cc1ccc(Oc2ncc3c(n2)-c2c(c(C(N)=O)nn2C)CC3)c(C)c1. The van der Waals surface area contributed by atoms with Gasteiger partial charge in [0, 0.05) is 18.8 Å². The molecule has 2 heterocycles. The molecule has 0 atom stereocenters. The molecular formula is C19H19N5O2. The summed E-state index contributed by atoms with van der Waals surface area (Å²) in [6.45, 7) is 4.02. The smallest absolute Gasteiger partial charge is 0.322 e. The van der Waals surface area contributed by atoms with Crippen LogP contribution in [0.2, 0.25) is 0 Å². The number of fused-ring (bicyclic) bond motifs is 3. The number of nitrogens with zero attached hydrogens (tertiary/aromatic N) is 4. The Labute approximate surface area is 150 Å². The molecule has 0 saturated carbocycles. The first kappa shape index (κ1) is 16.3. The number of ether oxygens (including phenoxy) is 1. The lowest BCUT2D eigenvalue weighted by atomic mass is 9.93. The first-order valence-corrected chi connectivity index (χ1v) is 8.41. The minimum absolute atomic E-state index is 0.269. The lowest BCUT2D eigenvalue weighted by Gasteiger charge is -2.17. The third kappa shape index (κ3) is 2.61. The molecule has 0 unspecified atom stereocenters. The van der Waals surface area contributed by atoms with E-state index >= 15 is 0 Å². The van der Waals surface area contributed by atoms with E-state index in [0.29, 0.717) is 12.1 Å². The van der Waals surface area contributed by atoms with Crippen LogP contribution in [-0.4, -0.2) is 25.7 Å². The Morgan fingerprint density at radius 1 is 1.27 bits per heavy atom. The van der Waals surface area contributed by atoms with Crippen molar-refractivity contribution in [2.45, 2.75) is 26.7 Å². The molecule has 0 aliphatic heterocycles. The van der Waals surface area contributed by atoms with Crippen LogP contribution in [0.5, 0.6) is 11.8 Å². The maximum atomic E-state index is 11.7. The number of benzene rings is 1. The van der Waals surface area contributed by atoms with Gasteiger partial charge in [-0.25, -0.2) is 4.98 Å². The molecule has 0 bridgehead atoms. The molecule has 2 aromatic heterocycles. The van der Waals surface area contributed by atoms with E-state index in [9.17, 15) is 4.79 Å². The number of nitrogens with two attached hydrogens (primary N) is 1. The van der Waals surface area contributed by atoms with Gasteiger partial charge in [-0.05, 0) is 43.9 Å². The number of aryl methyl sites for hydroxylation is 4. The van der Waals surface area contributed by atoms with Crippen molar-refractivity contribution in [1.29, 1.82) is 0 Å². The summed E-state index contributed by atoms with van der Waals surface area (Å²) in [5.74, 6) is 0.195. The number of primary amides is 1. The predicted molar refractivity (Wildman–Crippen MR) is 96.1 cm³/mol. The molecule has 2 N–H and O–H groups in total. The summed E-state index contributed by atoms with van der Waals surface area (Å²) in [5.41, 5.74) is 11.3. The molecule has 4 rings (SSSR count). The zero-order valence-corrected chi connectivity index (χ0v) is 14.9. The van der Waals surface area contributed by atoms with Crippen LogP contribution in [0.3, 0.4) is 0 Å². The van der Waals surface area contributed by atoms with Crippen LogP contribution in [0.15, 0.2) is 24.4 Å². The monoisotopic (exact) mass is 349 g/mol. The number of amides is 1. The van der Waals surface area contributed by atoms with Gasteiger partial charge in [0.1, 0.15) is 5.75 Å². The Kier molecular flexibility index (Phi) is 3.72. The average molecular weight is 349 g/mol. The highest BCUT2D eigenvalue weighted by Gasteiger charge is 2.28. The summed E-state index contributed by atoms with van der Waals surface area (Å²) in [5, 5.41) is 4.27. The topological polar surface area (TPSA) is 95.9 Å². The van der Waals surface area contributed by atoms with E-state index in [4.69, 9.17) is 10.5 Å². The fourth-order valence-electron chi connectivity index (χ4n) is 3.40. The minimum Gasteiger partial charge on any atom is -0.424 e.